The highest BCUT2D eigenvalue weighted by Gasteiger charge is 2.21. The van der Waals surface area contributed by atoms with Gasteiger partial charge in [0.1, 0.15) is 0 Å². The maximum atomic E-state index is 2.45. The fourth-order valence-electron chi connectivity index (χ4n) is 7.13. The molecule has 0 amide bonds. The van der Waals surface area contributed by atoms with Gasteiger partial charge in [-0.1, -0.05) is 115 Å². The molecule has 0 aliphatic carbocycles. The second-order valence-electron chi connectivity index (χ2n) is 12.7. The van der Waals surface area contributed by atoms with Gasteiger partial charge >= 0.3 is 0 Å². The largest absolute Gasteiger partial charge is 0.341 e. The normalized spacial score (nSPS) is 12.2. The Labute approximate surface area is 284 Å². The minimum atomic E-state index is 1.03. The number of fused-ring (bicyclic) bond motifs is 1. The lowest BCUT2D eigenvalue weighted by Crippen LogP contribution is -2.13. The Bertz CT molecular complexity index is 2100. The Balaban J connectivity index is 1.14. The van der Waals surface area contributed by atoms with Gasteiger partial charge in [0.25, 0.3) is 0 Å². The molecular weight excluding hydrogens is 581 g/mol. The minimum absolute atomic E-state index is 1.03. The monoisotopic (exact) mass is 618 g/mol. The van der Waals surface area contributed by atoms with Crippen LogP contribution in [-0.2, 0) is 6.42 Å². The summed E-state index contributed by atoms with van der Waals surface area (Å²) in [5.74, 6) is 0. The number of para-hydroxylation sites is 1. The molecule has 0 N–H and O–H groups in total. The van der Waals surface area contributed by atoms with Crippen LogP contribution in [0.15, 0.2) is 170 Å². The van der Waals surface area contributed by atoms with Crippen molar-refractivity contribution in [1.82, 2.24) is 0 Å². The number of benzene rings is 7. The van der Waals surface area contributed by atoms with Gasteiger partial charge in [-0.15, -0.1) is 0 Å². The van der Waals surface area contributed by atoms with Gasteiger partial charge in [-0.05, 0) is 125 Å². The fourth-order valence-corrected chi connectivity index (χ4v) is 7.13. The van der Waals surface area contributed by atoms with Gasteiger partial charge in [-0.25, -0.2) is 0 Å². The van der Waals surface area contributed by atoms with Crippen molar-refractivity contribution >= 4 is 28.4 Å². The Morgan fingerprint density at radius 1 is 0.438 bits per heavy atom. The van der Waals surface area contributed by atoms with Crippen molar-refractivity contribution in [2.24, 2.45) is 0 Å². The maximum absolute atomic E-state index is 2.45. The average molecular weight is 619 g/mol. The molecule has 0 aromatic heterocycles. The topological polar surface area (TPSA) is 6.48 Å². The zero-order valence-corrected chi connectivity index (χ0v) is 27.5. The molecule has 0 saturated heterocycles. The molecule has 0 atom stereocenters. The summed E-state index contributed by atoms with van der Waals surface area (Å²) < 4.78 is 0. The van der Waals surface area contributed by atoms with Crippen LogP contribution in [0.4, 0.5) is 28.4 Å². The van der Waals surface area contributed by atoms with E-state index in [0.29, 0.717) is 0 Å². The van der Waals surface area contributed by atoms with Crippen LogP contribution in [0.3, 0.4) is 0 Å². The summed E-state index contributed by atoms with van der Waals surface area (Å²) in [6.45, 7) is 5.50. The SMILES string of the molecule is Cc1cc(N2CCc3ccccc32)ccc1-c1ccc(N(c2ccc(-c3ccccc3)cc2)c2ccc(-c3ccccc3)cc2)cc1C. The smallest absolute Gasteiger partial charge is 0.0464 e. The third-order valence-electron chi connectivity index (χ3n) is 9.63. The first-order valence-corrected chi connectivity index (χ1v) is 16.8. The second-order valence-corrected chi connectivity index (χ2v) is 12.7. The van der Waals surface area contributed by atoms with Crippen molar-refractivity contribution in [2.75, 3.05) is 16.3 Å². The molecule has 232 valence electrons. The van der Waals surface area contributed by atoms with Crippen molar-refractivity contribution in [3.63, 3.8) is 0 Å². The van der Waals surface area contributed by atoms with Crippen LogP contribution in [-0.4, -0.2) is 6.54 Å². The molecule has 2 nitrogen and oxygen atoms in total. The van der Waals surface area contributed by atoms with Gasteiger partial charge in [-0.2, -0.15) is 0 Å². The summed E-state index contributed by atoms with van der Waals surface area (Å²) in [6, 6.07) is 61.6. The lowest BCUT2D eigenvalue weighted by atomic mass is 9.95. The van der Waals surface area contributed by atoms with E-state index in [9.17, 15) is 0 Å². The van der Waals surface area contributed by atoms with Crippen LogP contribution >= 0.6 is 0 Å². The van der Waals surface area contributed by atoms with Gasteiger partial charge in [0.2, 0.25) is 0 Å². The lowest BCUT2D eigenvalue weighted by Gasteiger charge is -2.27. The van der Waals surface area contributed by atoms with E-state index in [1.54, 1.807) is 0 Å². The Morgan fingerprint density at radius 3 is 1.48 bits per heavy atom. The predicted octanol–water partition coefficient (Wildman–Crippen LogP) is 12.5. The van der Waals surface area contributed by atoms with E-state index >= 15 is 0 Å². The van der Waals surface area contributed by atoms with Gasteiger partial charge < -0.3 is 9.80 Å². The first kappa shape index (κ1) is 29.5. The highest BCUT2D eigenvalue weighted by molar-refractivity contribution is 5.83. The predicted molar refractivity (Wildman–Crippen MR) is 204 cm³/mol. The average Bonchev–Trinajstić information content (AvgIpc) is 3.58. The Hall–Kier alpha value is -5.86. The summed E-state index contributed by atoms with van der Waals surface area (Å²) >= 11 is 0. The highest BCUT2D eigenvalue weighted by atomic mass is 15.2. The fraction of sp³-hybridized carbons (Fsp3) is 0.0870. The molecule has 1 heterocycles. The number of aryl methyl sites for hydroxylation is 2. The molecule has 1 aliphatic rings. The molecule has 7 aromatic rings. The molecule has 0 spiro atoms. The van der Waals surface area contributed by atoms with Crippen LogP contribution in [0.1, 0.15) is 16.7 Å². The molecule has 2 heteroatoms. The summed E-state index contributed by atoms with van der Waals surface area (Å²) in [7, 11) is 0. The zero-order chi connectivity index (χ0) is 32.5. The third kappa shape index (κ3) is 5.67. The van der Waals surface area contributed by atoms with Crippen LogP contribution in [0.2, 0.25) is 0 Å². The van der Waals surface area contributed by atoms with E-state index in [-0.39, 0.29) is 0 Å². The summed E-state index contributed by atoms with van der Waals surface area (Å²) in [4.78, 5) is 4.81. The summed E-state index contributed by atoms with van der Waals surface area (Å²) in [5, 5.41) is 0. The molecule has 0 fully saturated rings. The van der Waals surface area contributed by atoms with E-state index < -0.39 is 0 Å². The summed E-state index contributed by atoms with van der Waals surface area (Å²) in [5.41, 5.74) is 17.4. The van der Waals surface area contributed by atoms with Crippen LogP contribution in [0.5, 0.6) is 0 Å². The number of hydrogen-bond acceptors (Lipinski definition) is 2. The van der Waals surface area contributed by atoms with E-state index in [2.05, 4.69) is 194 Å². The van der Waals surface area contributed by atoms with Crippen molar-refractivity contribution in [2.45, 2.75) is 20.3 Å². The second kappa shape index (κ2) is 12.7. The molecule has 0 radical (unpaired) electrons. The van der Waals surface area contributed by atoms with E-state index in [4.69, 9.17) is 0 Å². The third-order valence-corrected chi connectivity index (χ3v) is 9.63. The quantitative estimate of drug-likeness (QED) is 0.175. The van der Waals surface area contributed by atoms with Gasteiger partial charge in [0, 0.05) is 35.0 Å². The first-order chi connectivity index (χ1) is 23.6. The van der Waals surface area contributed by atoms with Crippen molar-refractivity contribution < 1.29 is 0 Å². The van der Waals surface area contributed by atoms with Crippen molar-refractivity contribution in [3.8, 4) is 33.4 Å². The van der Waals surface area contributed by atoms with E-state index in [1.807, 2.05) is 0 Å². The van der Waals surface area contributed by atoms with Gasteiger partial charge in [0.05, 0.1) is 0 Å². The molecule has 0 unspecified atom stereocenters. The lowest BCUT2D eigenvalue weighted by molar-refractivity contribution is 0.997. The molecule has 7 aromatic carbocycles. The highest BCUT2D eigenvalue weighted by Crippen LogP contribution is 2.41. The number of nitrogens with zero attached hydrogens (tertiary/aromatic N) is 2. The molecule has 1 aliphatic heterocycles. The number of hydrogen-bond donors (Lipinski definition) is 0. The molecule has 0 saturated carbocycles. The van der Waals surface area contributed by atoms with Crippen molar-refractivity contribution in [3.05, 3.63) is 187 Å². The number of anilines is 5. The van der Waals surface area contributed by atoms with Gasteiger partial charge in [0.15, 0.2) is 0 Å². The minimum Gasteiger partial charge on any atom is -0.341 e. The van der Waals surface area contributed by atoms with E-state index in [0.717, 1.165) is 30.0 Å². The van der Waals surface area contributed by atoms with Crippen LogP contribution in [0, 0.1) is 13.8 Å². The number of rotatable bonds is 7. The Kier molecular flexibility index (Phi) is 7.84. The zero-order valence-electron chi connectivity index (χ0n) is 27.5. The van der Waals surface area contributed by atoms with E-state index in [1.165, 1.54) is 61.4 Å². The maximum Gasteiger partial charge on any atom is 0.0464 e. The molecule has 0 bridgehead atoms. The Morgan fingerprint density at radius 2 is 0.917 bits per heavy atom. The molecule has 48 heavy (non-hydrogen) atoms. The molecule has 8 rings (SSSR count). The van der Waals surface area contributed by atoms with Crippen molar-refractivity contribution in [1.29, 1.82) is 0 Å². The first-order valence-electron chi connectivity index (χ1n) is 16.8. The summed E-state index contributed by atoms with van der Waals surface area (Å²) in [6.07, 6.45) is 1.10. The van der Waals surface area contributed by atoms with Crippen LogP contribution in [0.25, 0.3) is 33.4 Å². The standard InChI is InChI=1S/C46H38N2/c1-33-31-42(47-30-29-39-15-9-10-16-46(39)47)25-27-44(33)45-28-26-43(32-34(45)2)48(40-21-17-37(18-22-40)35-11-5-3-6-12-35)41-23-19-38(20-24-41)36-13-7-4-8-14-36/h3-28,31-32H,29-30H2,1-2H3. The van der Waals surface area contributed by atoms with Crippen LogP contribution < -0.4 is 9.80 Å². The van der Waals surface area contributed by atoms with Gasteiger partial charge in [-0.3, -0.25) is 0 Å². The molecular formula is C46H38N2.